The Morgan fingerprint density at radius 2 is 1.65 bits per heavy atom. The number of aromatic nitrogens is 4. The lowest BCUT2D eigenvalue weighted by atomic mass is 9.98. The average Bonchev–Trinajstić information content (AvgIpc) is 3.54. The van der Waals surface area contributed by atoms with Gasteiger partial charge in [0.2, 0.25) is 11.8 Å². The summed E-state index contributed by atoms with van der Waals surface area (Å²) in [7, 11) is 0. The largest absolute Gasteiger partial charge is 0.438 e. The van der Waals surface area contributed by atoms with Gasteiger partial charge < -0.3 is 8.98 Å². The van der Waals surface area contributed by atoms with Crippen molar-refractivity contribution in [3.63, 3.8) is 0 Å². The van der Waals surface area contributed by atoms with Gasteiger partial charge in [0, 0.05) is 35.6 Å². The van der Waals surface area contributed by atoms with Gasteiger partial charge in [0.1, 0.15) is 17.4 Å². The molecule has 0 aliphatic heterocycles. The molecule has 0 bridgehead atoms. The first-order valence-electron chi connectivity index (χ1n) is 11.6. The Bertz CT molecular complexity index is 1560. The van der Waals surface area contributed by atoms with Gasteiger partial charge >= 0.3 is 0 Å². The Kier molecular flexibility index (Phi) is 7.10. The first-order chi connectivity index (χ1) is 18.2. The van der Waals surface area contributed by atoms with Gasteiger partial charge in [0.15, 0.2) is 11.0 Å². The van der Waals surface area contributed by atoms with Crippen molar-refractivity contribution in [1.82, 2.24) is 19.7 Å². The van der Waals surface area contributed by atoms with E-state index in [1.165, 1.54) is 11.8 Å². The summed E-state index contributed by atoms with van der Waals surface area (Å²) in [5, 5.41) is 22.0. The highest BCUT2D eigenvalue weighted by Gasteiger charge is 2.24. The van der Waals surface area contributed by atoms with Crippen LogP contribution in [0.15, 0.2) is 94.8 Å². The van der Waals surface area contributed by atoms with Crippen LogP contribution in [-0.2, 0) is 11.3 Å². The third kappa shape index (κ3) is 5.01. The number of hydrogen-bond acceptors (Lipinski definition) is 7. The van der Waals surface area contributed by atoms with Crippen molar-refractivity contribution in [3.8, 4) is 39.9 Å². The minimum Gasteiger partial charge on any atom is -0.438 e. The molecule has 1 amide bonds. The van der Waals surface area contributed by atoms with Crippen LogP contribution < -0.4 is 5.32 Å². The normalized spacial score (nSPS) is 10.7. The Balaban J connectivity index is 1.40. The topological polar surface area (TPSA) is 110 Å². The van der Waals surface area contributed by atoms with Crippen molar-refractivity contribution in [3.05, 3.63) is 90.8 Å². The highest BCUT2D eigenvalue weighted by Crippen LogP contribution is 2.41. The average molecular weight is 507 g/mol. The van der Waals surface area contributed by atoms with Crippen LogP contribution in [0.4, 0.5) is 5.88 Å². The molecular formula is C28H22N6O2S. The van der Waals surface area contributed by atoms with Crippen molar-refractivity contribution in [1.29, 1.82) is 5.26 Å². The highest BCUT2D eigenvalue weighted by molar-refractivity contribution is 7.99. The van der Waals surface area contributed by atoms with Crippen LogP contribution in [-0.4, -0.2) is 31.4 Å². The Morgan fingerprint density at radius 3 is 2.30 bits per heavy atom. The molecule has 0 atom stereocenters. The van der Waals surface area contributed by atoms with E-state index in [1.54, 1.807) is 12.4 Å². The Hall–Kier alpha value is -4.68. The fraction of sp³-hybridized carbons (Fsp3) is 0.107. The number of benzene rings is 2. The number of rotatable bonds is 8. The second-order valence-electron chi connectivity index (χ2n) is 7.98. The summed E-state index contributed by atoms with van der Waals surface area (Å²) in [6, 6.07) is 25.0. The summed E-state index contributed by atoms with van der Waals surface area (Å²) in [5.74, 6) is 1.12. The predicted molar refractivity (Wildman–Crippen MR) is 143 cm³/mol. The number of thioether (sulfide) groups is 1. The molecule has 1 N–H and O–H groups in total. The van der Waals surface area contributed by atoms with Crippen molar-refractivity contribution in [2.75, 3.05) is 11.1 Å². The first-order valence-corrected chi connectivity index (χ1v) is 12.6. The molecule has 0 unspecified atom stereocenters. The van der Waals surface area contributed by atoms with E-state index in [1.807, 2.05) is 84.3 Å². The number of nitriles is 1. The first kappa shape index (κ1) is 24.0. The molecule has 5 rings (SSSR count). The molecule has 0 spiro atoms. The van der Waals surface area contributed by atoms with Crippen LogP contribution >= 0.6 is 11.8 Å². The van der Waals surface area contributed by atoms with Gasteiger partial charge in [-0.15, -0.1) is 10.2 Å². The SMILES string of the molecule is CCn1c(SCC(=O)Nc2oc(-c3ccccc3)c(-c3ccccc3)c2C#N)nnc1-c1ccncc1. The number of anilines is 1. The molecule has 2 aromatic carbocycles. The molecule has 182 valence electrons. The number of amides is 1. The van der Waals surface area contributed by atoms with Crippen LogP contribution in [0, 0.1) is 11.3 Å². The fourth-order valence-electron chi connectivity index (χ4n) is 3.99. The molecule has 0 saturated carbocycles. The van der Waals surface area contributed by atoms with E-state index < -0.39 is 0 Å². The maximum Gasteiger partial charge on any atom is 0.237 e. The molecule has 8 nitrogen and oxygen atoms in total. The van der Waals surface area contributed by atoms with E-state index in [9.17, 15) is 10.1 Å². The third-order valence-electron chi connectivity index (χ3n) is 5.68. The smallest absolute Gasteiger partial charge is 0.237 e. The van der Waals surface area contributed by atoms with Gasteiger partial charge in [-0.05, 0) is 24.6 Å². The van der Waals surface area contributed by atoms with Crippen molar-refractivity contribution >= 4 is 23.6 Å². The summed E-state index contributed by atoms with van der Waals surface area (Å²) in [6.07, 6.45) is 3.40. The molecule has 3 aromatic heterocycles. The molecular weight excluding hydrogens is 484 g/mol. The molecule has 0 fully saturated rings. The number of nitrogens with one attached hydrogen (secondary N) is 1. The second kappa shape index (κ2) is 10.9. The lowest BCUT2D eigenvalue weighted by Gasteiger charge is -2.07. The van der Waals surface area contributed by atoms with E-state index in [-0.39, 0.29) is 23.1 Å². The number of nitrogens with zero attached hydrogens (tertiary/aromatic N) is 5. The number of carbonyl (C=O) groups excluding carboxylic acids is 1. The lowest BCUT2D eigenvalue weighted by molar-refractivity contribution is -0.113. The van der Waals surface area contributed by atoms with E-state index >= 15 is 0 Å². The minimum atomic E-state index is -0.314. The maximum atomic E-state index is 13.0. The molecule has 3 heterocycles. The number of hydrogen-bond donors (Lipinski definition) is 1. The maximum absolute atomic E-state index is 13.0. The molecule has 0 radical (unpaired) electrons. The standard InChI is InChI=1S/C28H22N6O2S/c1-2-34-26(21-13-15-30-16-14-21)32-33-28(34)37-18-23(35)31-27-22(17-29)24(19-9-5-3-6-10-19)25(36-27)20-11-7-4-8-12-20/h3-16H,2,18H2,1H3,(H,31,35). The third-order valence-corrected chi connectivity index (χ3v) is 6.64. The van der Waals surface area contributed by atoms with Gasteiger partial charge in [0.05, 0.1) is 5.75 Å². The Morgan fingerprint density at radius 1 is 0.973 bits per heavy atom. The van der Waals surface area contributed by atoms with E-state index in [0.29, 0.717) is 28.8 Å². The zero-order chi connectivity index (χ0) is 25.6. The molecule has 0 aliphatic carbocycles. The predicted octanol–water partition coefficient (Wildman–Crippen LogP) is 5.89. The fourth-order valence-corrected chi connectivity index (χ4v) is 4.79. The van der Waals surface area contributed by atoms with Gasteiger partial charge in [0.25, 0.3) is 0 Å². The molecule has 0 saturated heterocycles. The van der Waals surface area contributed by atoms with E-state index in [0.717, 1.165) is 16.7 Å². The van der Waals surface area contributed by atoms with Crippen LogP contribution in [0.5, 0.6) is 0 Å². The zero-order valence-electron chi connectivity index (χ0n) is 20.0. The highest BCUT2D eigenvalue weighted by atomic mass is 32.2. The summed E-state index contributed by atoms with van der Waals surface area (Å²) in [4.78, 5) is 17.0. The van der Waals surface area contributed by atoms with Crippen LogP contribution in [0.25, 0.3) is 33.8 Å². The summed E-state index contributed by atoms with van der Waals surface area (Å²) >= 11 is 1.27. The molecule has 37 heavy (non-hydrogen) atoms. The second-order valence-corrected chi connectivity index (χ2v) is 8.92. The summed E-state index contributed by atoms with van der Waals surface area (Å²) < 4.78 is 8.05. The van der Waals surface area contributed by atoms with Crippen molar-refractivity contribution in [2.24, 2.45) is 0 Å². The van der Waals surface area contributed by atoms with Crippen LogP contribution in [0.2, 0.25) is 0 Å². The molecule has 9 heteroatoms. The number of carbonyl (C=O) groups is 1. The van der Waals surface area contributed by atoms with Gasteiger partial charge in [-0.25, -0.2) is 0 Å². The quantitative estimate of drug-likeness (QED) is 0.261. The van der Waals surface area contributed by atoms with Crippen LogP contribution in [0.3, 0.4) is 0 Å². The monoisotopic (exact) mass is 506 g/mol. The van der Waals surface area contributed by atoms with E-state index in [2.05, 4.69) is 26.6 Å². The minimum absolute atomic E-state index is 0.0708. The Labute approximate surface area is 218 Å². The lowest BCUT2D eigenvalue weighted by Crippen LogP contribution is -2.15. The van der Waals surface area contributed by atoms with Crippen LogP contribution in [0.1, 0.15) is 12.5 Å². The molecule has 0 aliphatic rings. The number of furan rings is 1. The van der Waals surface area contributed by atoms with Gasteiger partial charge in [-0.3, -0.25) is 15.1 Å². The van der Waals surface area contributed by atoms with Gasteiger partial charge in [-0.1, -0.05) is 72.4 Å². The van der Waals surface area contributed by atoms with Gasteiger partial charge in [-0.2, -0.15) is 5.26 Å². The van der Waals surface area contributed by atoms with E-state index in [4.69, 9.17) is 4.42 Å². The summed E-state index contributed by atoms with van der Waals surface area (Å²) in [5.41, 5.74) is 3.46. The molecule has 5 aromatic rings. The number of pyridine rings is 1. The summed E-state index contributed by atoms with van der Waals surface area (Å²) in [6.45, 7) is 2.64. The zero-order valence-corrected chi connectivity index (χ0v) is 20.8. The van der Waals surface area contributed by atoms with Crippen molar-refractivity contribution < 1.29 is 9.21 Å². The van der Waals surface area contributed by atoms with Crippen molar-refractivity contribution in [2.45, 2.75) is 18.6 Å².